The second kappa shape index (κ2) is 14.4. The van der Waals surface area contributed by atoms with Crippen molar-refractivity contribution in [3.63, 3.8) is 0 Å². The van der Waals surface area contributed by atoms with Crippen LogP contribution in [0.4, 0.5) is 5.00 Å². The van der Waals surface area contributed by atoms with Crippen LogP contribution in [-0.4, -0.2) is 36.0 Å². The van der Waals surface area contributed by atoms with Gasteiger partial charge < -0.3 is 14.8 Å². The van der Waals surface area contributed by atoms with Crippen LogP contribution in [0.5, 0.6) is 0 Å². The van der Waals surface area contributed by atoms with Gasteiger partial charge in [-0.3, -0.25) is 4.79 Å². The van der Waals surface area contributed by atoms with Crippen molar-refractivity contribution in [2.24, 2.45) is 0 Å². The van der Waals surface area contributed by atoms with Crippen molar-refractivity contribution in [3.8, 4) is 11.1 Å². The molecule has 0 fully saturated rings. The van der Waals surface area contributed by atoms with Gasteiger partial charge in [0.1, 0.15) is 10.6 Å². The molecule has 1 aliphatic carbocycles. The number of para-hydroxylation sites is 1. The van der Waals surface area contributed by atoms with Crippen molar-refractivity contribution >= 4 is 56.7 Å². The van der Waals surface area contributed by atoms with Crippen LogP contribution < -0.4 is 5.32 Å². The summed E-state index contributed by atoms with van der Waals surface area (Å²) in [4.78, 5) is 46.3. The Labute approximate surface area is 297 Å². The van der Waals surface area contributed by atoms with E-state index in [1.807, 2.05) is 62.4 Å². The van der Waals surface area contributed by atoms with E-state index in [1.165, 1.54) is 16.9 Å². The summed E-state index contributed by atoms with van der Waals surface area (Å²) in [7, 11) is 0. The first-order valence-electron chi connectivity index (χ1n) is 17.0. The molecule has 0 aliphatic heterocycles. The van der Waals surface area contributed by atoms with Gasteiger partial charge >= 0.3 is 11.9 Å². The van der Waals surface area contributed by atoms with Crippen LogP contribution in [0.1, 0.15) is 94.1 Å². The summed E-state index contributed by atoms with van der Waals surface area (Å²) in [5, 5.41) is 3.87. The number of carbonyl (C=O) groups is 3. The molecule has 8 heteroatoms. The van der Waals surface area contributed by atoms with Crippen molar-refractivity contribution in [1.29, 1.82) is 0 Å². The summed E-state index contributed by atoms with van der Waals surface area (Å²) in [5.41, 5.74) is 9.17. The monoisotopic (exact) mass is 686 g/mol. The van der Waals surface area contributed by atoms with E-state index in [1.54, 1.807) is 6.92 Å². The molecule has 0 unspecified atom stereocenters. The topological polar surface area (TPSA) is 94.6 Å². The van der Waals surface area contributed by atoms with Gasteiger partial charge in [-0.05, 0) is 85.4 Å². The molecular weight excluding hydrogens is 645 g/mol. The van der Waals surface area contributed by atoms with Crippen LogP contribution >= 0.6 is 11.3 Å². The summed E-state index contributed by atoms with van der Waals surface area (Å²) in [6, 6.07) is 24.0. The lowest BCUT2D eigenvalue weighted by atomic mass is 9.85. The maximum absolute atomic E-state index is 13.9. The molecule has 1 aliphatic rings. The van der Waals surface area contributed by atoms with Crippen molar-refractivity contribution in [3.05, 3.63) is 117 Å². The first-order chi connectivity index (χ1) is 23.9. The summed E-state index contributed by atoms with van der Waals surface area (Å²) in [5.74, 6) is -1.66. The third kappa shape index (κ3) is 7.26. The van der Waals surface area contributed by atoms with E-state index >= 15 is 0 Å². The second-order valence-electron chi connectivity index (χ2n) is 13.7. The molecule has 2 heterocycles. The summed E-state index contributed by atoms with van der Waals surface area (Å²) in [6.07, 6.45) is 4.52. The van der Waals surface area contributed by atoms with Crippen LogP contribution in [0, 0.1) is 13.8 Å². The number of thiophene rings is 1. The summed E-state index contributed by atoms with van der Waals surface area (Å²) < 4.78 is 11.1. The van der Waals surface area contributed by atoms with Crippen LogP contribution in [-0.2, 0) is 26.1 Å². The zero-order valence-electron chi connectivity index (χ0n) is 29.4. The van der Waals surface area contributed by atoms with E-state index in [2.05, 4.69) is 56.4 Å². The number of anilines is 1. The molecule has 0 spiro atoms. The van der Waals surface area contributed by atoms with Crippen molar-refractivity contribution < 1.29 is 23.9 Å². The number of aryl methyl sites for hydroxylation is 2. The maximum Gasteiger partial charge on any atom is 0.341 e. The predicted molar refractivity (Wildman–Crippen MR) is 202 cm³/mol. The third-order valence-corrected chi connectivity index (χ3v) is 10.0. The maximum atomic E-state index is 13.9. The fourth-order valence-electron chi connectivity index (χ4n) is 6.45. The Bertz CT molecular complexity index is 2120. The first kappa shape index (κ1) is 34.8. The zero-order chi connectivity index (χ0) is 35.6. The number of esters is 2. The van der Waals surface area contributed by atoms with E-state index in [0.717, 1.165) is 51.2 Å². The average molecular weight is 687 g/mol. The minimum absolute atomic E-state index is 0.0615. The molecule has 50 heavy (non-hydrogen) atoms. The van der Waals surface area contributed by atoms with Gasteiger partial charge in [0, 0.05) is 15.8 Å². The van der Waals surface area contributed by atoms with Crippen LogP contribution in [0.2, 0.25) is 0 Å². The lowest BCUT2D eigenvalue weighted by Crippen LogP contribution is -2.23. The largest absolute Gasteiger partial charge is 0.462 e. The molecule has 256 valence electrons. The molecule has 1 amide bonds. The Morgan fingerprint density at radius 2 is 1.58 bits per heavy atom. The second-order valence-corrected chi connectivity index (χ2v) is 14.9. The zero-order valence-corrected chi connectivity index (χ0v) is 30.3. The number of rotatable bonds is 8. The normalized spacial score (nSPS) is 13.6. The Kier molecular flexibility index (Phi) is 10.0. The molecule has 5 aromatic rings. The van der Waals surface area contributed by atoms with Gasteiger partial charge in [-0.15, -0.1) is 11.3 Å². The van der Waals surface area contributed by atoms with Crippen molar-refractivity contribution in [1.82, 2.24) is 4.98 Å². The van der Waals surface area contributed by atoms with E-state index < -0.39 is 24.5 Å². The van der Waals surface area contributed by atoms with Gasteiger partial charge in [-0.1, -0.05) is 93.1 Å². The van der Waals surface area contributed by atoms with Gasteiger partial charge in [0.05, 0.1) is 23.4 Å². The molecule has 2 aromatic heterocycles. The number of carbonyl (C=O) groups excluding carboxylic acids is 3. The van der Waals surface area contributed by atoms with Crippen LogP contribution in [0.25, 0.3) is 33.7 Å². The fraction of sp³-hybridized carbons (Fsp3) is 0.286. The number of benzene rings is 3. The minimum Gasteiger partial charge on any atom is -0.462 e. The highest BCUT2D eigenvalue weighted by Gasteiger charge is 2.28. The number of nitrogens with zero attached hydrogens (tertiary/aromatic N) is 1. The lowest BCUT2D eigenvalue weighted by Gasteiger charge is -2.23. The van der Waals surface area contributed by atoms with Crippen molar-refractivity contribution in [2.45, 2.75) is 66.2 Å². The SMILES string of the molecule is CCOC(=O)c1c(NC(=O)COC(=O)c2c3c(nc4ccccc24)/C(=C\c2ccc(C(C)(C)C)cc2)CCC3)sc(C)c1-c1ccc(C)cc1. The standard InChI is InChI=1S/C42H42N2O5S/c1-7-48-41(47)37-35(28-19-15-25(2)16-20-28)26(3)50-39(37)44-34(45)24-49-40(46)36-31-12-8-9-14-33(31)43-38-29(11-10-13-32(36)38)23-27-17-21-30(22-18-27)42(4,5)6/h8-9,12,14-23H,7,10-11,13,24H2,1-6H3,(H,44,45)/b29-23-. The van der Waals surface area contributed by atoms with Gasteiger partial charge in [-0.25, -0.2) is 14.6 Å². The number of hydrogen-bond acceptors (Lipinski definition) is 7. The summed E-state index contributed by atoms with van der Waals surface area (Å²) in [6.45, 7) is 11.9. The molecule has 3 aromatic carbocycles. The van der Waals surface area contributed by atoms with E-state index in [-0.39, 0.29) is 12.0 Å². The minimum atomic E-state index is -0.584. The van der Waals surface area contributed by atoms with E-state index in [4.69, 9.17) is 14.5 Å². The highest BCUT2D eigenvalue weighted by atomic mass is 32.1. The van der Waals surface area contributed by atoms with E-state index in [9.17, 15) is 14.4 Å². The number of allylic oxidation sites excluding steroid dienone is 1. The molecule has 0 radical (unpaired) electrons. The highest BCUT2D eigenvalue weighted by molar-refractivity contribution is 7.17. The average Bonchev–Trinajstić information content (AvgIpc) is 3.41. The predicted octanol–water partition coefficient (Wildman–Crippen LogP) is 9.73. The molecule has 0 atom stereocenters. The molecule has 0 saturated heterocycles. The number of hydrogen-bond donors (Lipinski definition) is 1. The van der Waals surface area contributed by atoms with Crippen LogP contribution in [0.3, 0.4) is 0 Å². The Morgan fingerprint density at radius 3 is 2.28 bits per heavy atom. The number of aromatic nitrogens is 1. The lowest BCUT2D eigenvalue weighted by molar-refractivity contribution is -0.119. The number of fused-ring (bicyclic) bond motifs is 2. The van der Waals surface area contributed by atoms with Gasteiger partial charge in [0.15, 0.2) is 6.61 Å². The Balaban J connectivity index is 1.27. The molecule has 6 rings (SSSR count). The molecule has 0 saturated carbocycles. The molecular formula is C42H42N2O5S. The number of amides is 1. The molecule has 1 N–H and O–H groups in total. The number of nitrogens with one attached hydrogen (secondary N) is 1. The van der Waals surface area contributed by atoms with Gasteiger partial charge in [0.25, 0.3) is 5.91 Å². The Hall–Kier alpha value is -5.08. The quantitative estimate of drug-likeness (QED) is 0.163. The van der Waals surface area contributed by atoms with Crippen LogP contribution in [0.15, 0.2) is 72.8 Å². The number of pyridine rings is 1. The molecule has 7 nitrogen and oxygen atoms in total. The van der Waals surface area contributed by atoms with Crippen molar-refractivity contribution in [2.75, 3.05) is 18.5 Å². The first-order valence-corrected chi connectivity index (χ1v) is 17.8. The summed E-state index contributed by atoms with van der Waals surface area (Å²) >= 11 is 1.29. The molecule has 0 bridgehead atoms. The Morgan fingerprint density at radius 1 is 0.880 bits per heavy atom. The van der Waals surface area contributed by atoms with E-state index in [0.29, 0.717) is 39.0 Å². The van der Waals surface area contributed by atoms with Gasteiger partial charge in [-0.2, -0.15) is 0 Å². The smallest absolute Gasteiger partial charge is 0.341 e. The fourth-order valence-corrected chi connectivity index (χ4v) is 7.53. The highest BCUT2D eigenvalue weighted by Crippen LogP contribution is 2.41. The number of ether oxygens (including phenoxy) is 2. The third-order valence-electron chi connectivity index (χ3n) is 8.98. The van der Waals surface area contributed by atoms with Gasteiger partial charge in [0.2, 0.25) is 0 Å².